The van der Waals surface area contributed by atoms with Crippen LogP contribution in [0.2, 0.25) is 0 Å². The van der Waals surface area contributed by atoms with E-state index < -0.39 is 0 Å². The molecular formula is C15H19BrN2. The zero-order valence-electron chi connectivity index (χ0n) is 11.1. The van der Waals surface area contributed by atoms with Crippen molar-refractivity contribution in [3.8, 4) is 5.69 Å². The first-order chi connectivity index (χ1) is 8.54. The minimum Gasteiger partial charge on any atom is -0.330 e. The molecule has 0 fully saturated rings. The maximum atomic E-state index is 5.66. The molecule has 0 radical (unpaired) electrons. The summed E-state index contributed by atoms with van der Waals surface area (Å²) < 4.78 is 3.45. The van der Waals surface area contributed by atoms with Gasteiger partial charge in [0.15, 0.2) is 0 Å². The number of nitrogens with zero attached hydrogens (tertiary/aromatic N) is 1. The highest BCUT2D eigenvalue weighted by Crippen LogP contribution is 2.24. The van der Waals surface area contributed by atoms with Gasteiger partial charge in [0, 0.05) is 21.5 Å². The van der Waals surface area contributed by atoms with E-state index in [1.54, 1.807) is 0 Å². The fourth-order valence-corrected chi connectivity index (χ4v) is 2.65. The molecule has 2 aromatic rings. The maximum absolute atomic E-state index is 5.66. The highest BCUT2D eigenvalue weighted by atomic mass is 79.9. The van der Waals surface area contributed by atoms with Crippen molar-refractivity contribution in [2.24, 2.45) is 5.73 Å². The number of hydrogen-bond donors (Lipinski definition) is 1. The summed E-state index contributed by atoms with van der Waals surface area (Å²) in [6.45, 7) is 7.12. The van der Waals surface area contributed by atoms with Gasteiger partial charge < -0.3 is 10.3 Å². The largest absolute Gasteiger partial charge is 0.330 e. The van der Waals surface area contributed by atoms with E-state index in [4.69, 9.17) is 5.73 Å². The van der Waals surface area contributed by atoms with Crippen molar-refractivity contribution in [3.05, 3.63) is 51.3 Å². The molecule has 0 saturated heterocycles. The van der Waals surface area contributed by atoms with Crippen molar-refractivity contribution >= 4 is 15.9 Å². The summed E-state index contributed by atoms with van der Waals surface area (Å²) in [7, 11) is 0. The Morgan fingerprint density at radius 3 is 2.50 bits per heavy atom. The van der Waals surface area contributed by atoms with Gasteiger partial charge in [0.1, 0.15) is 0 Å². The van der Waals surface area contributed by atoms with Crippen molar-refractivity contribution in [3.63, 3.8) is 0 Å². The molecular weight excluding hydrogens is 288 g/mol. The number of nitrogens with two attached hydrogens (primary N) is 1. The second-order valence-corrected chi connectivity index (χ2v) is 5.56. The Morgan fingerprint density at radius 2 is 1.89 bits per heavy atom. The van der Waals surface area contributed by atoms with Crippen LogP contribution in [0.15, 0.2) is 28.7 Å². The lowest BCUT2D eigenvalue weighted by atomic mass is 10.2. The van der Waals surface area contributed by atoms with Crippen LogP contribution in [-0.4, -0.2) is 11.1 Å². The number of benzene rings is 1. The summed E-state index contributed by atoms with van der Waals surface area (Å²) in [5.74, 6) is 0. The second-order valence-electron chi connectivity index (χ2n) is 4.70. The van der Waals surface area contributed by atoms with Crippen LogP contribution in [0, 0.1) is 20.8 Å². The van der Waals surface area contributed by atoms with E-state index in [9.17, 15) is 0 Å². The molecule has 0 amide bonds. The fourth-order valence-electron chi connectivity index (χ4n) is 2.40. The van der Waals surface area contributed by atoms with E-state index in [2.05, 4.69) is 65.5 Å². The maximum Gasteiger partial charge on any atom is 0.0458 e. The van der Waals surface area contributed by atoms with Gasteiger partial charge in [-0.25, -0.2) is 0 Å². The molecule has 1 aromatic carbocycles. The molecule has 0 atom stereocenters. The van der Waals surface area contributed by atoms with Gasteiger partial charge in [-0.05, 0) is 69.1 Å². The Hall–Kier alpha value is -1.06. The zero-order chi connectivity index (χ0) is 13.3. The van der Waals surface area contributed by atoms with Crippen LogP contribution in [0.4, 0.5) is 0 Å². The van der Waals surface area contributed by atoms with Crippen LogP contribution in [-0.2, 0) is 6.42 Å². The molecule has 0 aliphatic rings. The van der Waals surface area contributed by atoms with E-state index in [-0.39, 0.29) is 0 Å². The molecule has 0 unspecified atom stereocenters. The van der Waals surface area contributed by atoms with E-state index in [0.717, 1.165) is 10.9 Å². The van der Waals surface area contributed by atoms with Gasteiger partial charge in [0.05, 0.1) is 0 Å². The van der Waals surface area contributed by atoms with Gasteiger partial charge in [-0.1, -0.05) is 15.9 Å². The quantitative estimate of drug-likeness (QED) is 0.921. The standard InChI is InChI=1S/C15H19BrN2/c1-10-8-14(4-5-15(10)16)18-11(2)9-13(6-7-17)12(18)3/h4-5,8-9H,6-7,17H2,1-3H3. The first-order valence-corrected chi connectivity index (χ1v) is 6.98. The summed E-state index contributed by atoms with van der Waals surface area (Å²) in [4.78, 5) is 0. The van der Waals surface area contributed by atoms with Crippen LogP contribution < -0.4 is 5.73 Å². The predicted molar refractivity (Wildman–Crippen MR) is 80.4 cm³/mol. The third kappa shape index (κ3) is 2.38. The molecule has 1 aromatic heterocycles. The van der Waals surface area contributed by atoms with E-state index >= 15 is 0 Å². The van der Waals surface area contributed by atoms with Gasteiger partial charge in [-0.3, -0.25) is 0 Å². The number of rotatable bonds is 3. The summed E-state index contributed by atoms with van der Waals surface area (Å²) in [6.07, 6.45) is 0.940. The van der Waals surface area contributed by atoms with Gasteiger partial charge in [0.2, 0.25) is 0 Å². The molecule has 2 nitrogen and oxygen atoms in total. The average molecular weight is 307 g/mol. The topological polar surface area (TPSA) is 30.9 Å². The normalized spacial score (nSPS) is 10.9. The third-order valence-electron chi connectivity index (χ3n) is 3.35. The molecule has 18 heavy (non-hydrogen) atoms. The van der Waals surface area contributed by atoms with Gasteiger partial charge >= 0.3 is 0 Å². The van der Waals surface area contributed by atoms with Crippen molar-refractivity contribution in [2.75, 3.05) is 6.54 Å². The monoisotopic (exact) mass is 306 g/mol. The molecule has 96 valence electrons. The summed E-state index contributed by atoms with van der Waals surface area (Å²) >= 11 is 3.54. The minimum absolute atomic E-state index is 0.698. The van der Waals surface area contributed by atoms with Crippen molar-refractivity contribution in [2.45, 2.75) is 27.2 Å². The molecule has 0 aliphatic carbocycles. The Labute approximate surface area is 117 Å². The Kier molecular flexibility index (Phi) is 3.93. The molecule has 2 rings (SSSR count). The van der Waals surface area contributed by atoms with Crippen molar-refractivity contribution in [1.29, 1.82) is 0 Å². The number of halogens is 1. The van der Waals surface area contributed by atoms with Gasteiger partial charge in [-0.15, -0.1) is 0 Å². The second kappa shape index (κ2) is 5.29. The minimum atomic E-state index is 0.698. The zero-order valence-corrected chi connectivity index (χ0v) is 12.7. The summed E-state index contributed by atoms with van der Waals surface area (Å²) in [5.41, 5.74) is 12.0. The molecule has 1 heterocycles. The summed E-state index contributed by atoms with van der Waals surface area (Å²) in [5, 5.41) is 0. The molecule has 0 spiro atoms. The SMILES string of the molecule is Cc1cc(-n2c(C)cc(CCN)c2C)ccc1Br. The first kappa shape index (κ1) is 13.4. The first-order valence-electron chi connectivity index (χ1n) is 6.19. The lowest BCUT2D eigenvalue weighted by molar-refractivity contribution is 0.919. The smallest absolute Gasteiger partial charge is 0.0458 e. The van der Waals surface area contributed by atoms with Crippen LogP contribution in [0.25, 0.3) is 5.69 Å². The van der Waals surface area contributed by atoms with Crippen LogP contribution in [0.3, 0.4) is 0 Å². The number of hydrogen-bond acceptors (Lipinski definition) is 1. The lowest BCUT2D eigenvalue weighted by Crippen LogP contribution is -2.04. The predicted octanol–water partition coefficient (Wildman–Crippen LogP) is 3.67. The van der Waals surface area contributed by atoms with E-state index in [1.807, 2.05) is 0 Å². The Bertz CT molecular complexity index is 570. The van der Waals surface area contributed by atoms with Crippen LogP contribution in [0.5, 0.6) is 0 Å². The molecule has 0 bridgehead atoms. The van der Waals surface area contributed by atoms with Gasteiger partial charge in [0.25, 0.3) is 0 Å². The molecule has 0 aliphatic heterocycles. The van der Waals surface area contributed by atoms with Gasteiger partial charge in [-0.2, -0.15) is 0 Å². The fraction of sp³-hybridized carbons (Fsp3) is 0.333. The number of aromatic nitrogens is 1. The third-order valence-corrected chi connectivity index (χ3v) is 4.24. The molecule has 2 N–H and O–H groups in total. The number of aryl methyl sites for hydroxylation is 2. The summed E-state index contributed by atoms with van der Waals surface area (Å²) in [6, 6.07) is 8.69. The van der Waals surface area contributed by atoms with Crippen molar-refractivity contribution in [1.82, 2.24) is 4.57 Å². The Morgan fingerprint density at radius 1 is 1.17 bits per heavy atom. The van der Waals surface area contributed by atoms with Crippen LogP contribution >= 0.6 is 15.9 Å². The van der Waals surface area contributed by atoms with Crippen LogP contribution in [0.1, 0.15) is 22.5 Å². The van der Waals surface area contributed by atoms with E-state index in [1.165, 1.54) is 28.2 Å². The lowest BCUT2D eigenvalue weighted by Gasteiger charge is -2.11. The van der Waals surface area contributed by atoms with Crippen molar-refractivity contribution < 1.29 is 0 Å². The molecule has 0 saturated carbocycles. The average Bonchev–Trinajstić information content (AvgIpc) is 2.59. The highest BCUT2D eigenvalue weighted by molar-refractivity contribution is 9.10. The highest BCUT2D eigenvalue weighted by Gasteiger charge is 2.10. The molecule has 3 heteroatoms. The Balaban J connectivity index is 2.53. The van der Waals surface area contributed by atoms with E-state index in [0.29, 0.717) is 6.54 Å².